The molecule has 2 aromatic carbocycles. The van der Waals surface area contributed by atoms with Crippen LogP contribution in [0.5, 0.6) is 0 Å². The molecular weight excluding hydrogens is 393 g/mol. The highest BCUT2D eigenvalue weighted by Gasteiger charge is 2.26. The van der Waals surface area contributed by atoms with Gasteiger partial charge in [-0.3, -0.25) is 14.9 Å². The molecular formula is C21H22FN3O5. The number of esters is 1. The number of carbonyl (C=O) groups is 2. The zero-order chi connectivity index (χ0) is 21.8. The monoisotopic (exact) mass is 415 g/mol. The van der Waals surface area contributed by atoms with Crippen LogP contribution in [-0.2, 0) is 16.1 Å². The van der Waals surface area contributed by atoms with E-state index in [9.17, 15) is 24.1 Å². The van der Waals surface area contributed by atoms with E-state index in [1.54, 1.807) is 17.9 Å². The smallest absolute Gasteiger partial charge is 0.345 e. The fraction of sp³-hybridized carbons (Fsp3) is 0.333. The number of rotatable bonds is 5. The van der Waals surface area contributed by atoms with Gasteiger partial charge in [0.05, 0.1) is 17.6 Å². The Bertz CT molecular complexity index is 995. The largest absolute Gasteiger partial charge is 0.462 e. The van der Waals surface area contributed by atoms with E-state index < -0.39 is 16.7 Å². The van der Waals surface area contributed by atoms with Crippen molar-refractivity contribution in [3.63, 3.8) is 0 Å². The maximum Gasteiger partial charge on any atom is 0.345 e. The minimum Gasteiger partial charge on any atom is -0.462 e. The molecule has 158 valence electrons. The molecule has 1 heterocycles. The zero-order valence-corrected chi connectivity index (χ0v) is 16.7. The van der Waals surface area contributed by atoms with Crippen LogP contribution in [0.3, 0.4) is 0 Å². The number of hydrogen-bond donors (Lipinski definition) is 1. The van der Waals surface area contributed by atoms with Crippen LogP contribution in [0, 0.1) is 15.9 Å². The topological polar surface area (TPSA) is 102 Å². The minimum atomic E-state index is -0.779. The van der Waals surface area contributed by atoms with E-state index in [0.717, 1.165) is 5.56 Å². The highest BCUT2D eigenvalue weighted by Crippen LogP contribution is 2.32. The van der Waals surface area contributed by atoms with E-state index >= 15 is 0 Å². The molecule has 3 rings (SSSR count). The number of nitrogens with zero attached hydrogens (tertiary/aromatic N) is 2. The molecule has 9 heteroatoms. The maximum absolute atomic E-state index is 13.8. The number of nitro benzene ring substituents is 1. The van der Waals surface area contributed by atoms with Crippen LogP contribution in [-0.4, -0.2) is 34.9 Å². The fourth-order valence-electron chi connectivity index (χ4n) is 3.55. The average molecular weight is 415 g/mol. The van der Waals surface area contributed by atoms with Crippen LogP contribution in [0.15, 0.2) is 36.4 Å². The van der Waals surface area contributed by atoms with Gasteiger partial charge in [0.15, 0.2) is 0 Å². The molecule has 1 aliphatic heterocycles. The van der Waals surface area contributed by atoms with Crippen molar-refractivity contribution < 1.29 is 23.6 Å². The molecule has 0 spiro atoms. The van der Waals surface area contributed by atoms with Crippen molar-refractivity contribution in [1.82, 2.24) is 4.90 Å². The predicted octanol–water partition coefficient (Wildman–Crippen LogP) is 3.82. The van der Waals surface area contributed by atoms with Gasteiger partial charge >= 0.3 is 5.97 Å². The van der Waals surface area contributed by atoms with E-state index in [4.69, 9.17) is 4.74 Å². The third-order valence-corrected chi connectivity index (χ3v) is 5.00. The quantitative estimate of drug-likeness (QED) is 0.453. The molecule has 0 aromatic heterocycles. The number of fused-ring (bicyclic) bond motifs is 1. The Balaban J connectivity index is 1.95. The van der Waals surface area contributed by atoms with E-state index in [0.29, 0.717) is 30.8 Å². The molecule has 1 unspecified atom stereocenters. The van der Waals surface area contributed by atoms with Gasteiger partial charge < -0.3 is 15.0 Å². The van der Waals surface area contributed by atoms with Gasteiger partial charge in [0.1, 0.15) is 11.4 Å². The number of hydrogen-bond acceptors (Lipinski definition) is 6. The van der Waals surface area contributed by atoms with E-state index in [2.05, 4.69) is 5.32 Å². The van der Waals surface area contributed by atoms with Gasteiger partial charge in [-0.2, -0.15) is 0 Å². The molecule has 1 amide bonds. The van der Waals surface area contributed by atoms with Crippen LogP contribution >= 0.6 is 0 Å². The van der Waals surface area contributed by atoms with Crippen molar-refractivity contribution in [1.29, 1.82) is 0 Å². The summed E-state index contributed by atoms with van der Waals surface area (Å²) < 4.78 is 18.7. The lowest BCUT2D eigenvalue weighted by molar-refractivity contribution is -0.385. The van der Waals surface area contributed by atoms with Crippen molar-refractivity contribution >= 4 is 23.3 Å². The predicted molar refractivity (Wildman–Crippen MR) is 108 cm³/mol. The van der Waals surface area contributed by atoms with Crippen molar-refractivity contribution in [2.75, 3.05) is 18.5 Å². The molecule has 1 atom stereocenters. The summed E-state index contributed by atoms with van der Waals surface area (Å²) in [6.07, 6.45) is 0.546. The Kier molecular flexibility index (Phi) is 6.29. The first kappa shape index (κ1) is 21.2. The van der Waals surface area contributed by atoms with Crippen molar-refractivity contribution in [3.05, 3.63) is 69.0 Å². The Labute approximate surface area is 172 Å². The summed E-state index contributed by atoms with van der Waals surface area (Å²) in [6.45, 7) is 3.94. The Hall–Kier alpha value is -3.49. The molecule has 1 N–H and O–H groups in total. The summed E-state index contributed by atoms with van der Waals surface area (Å²) in [5.41, 5.74) is 1.51. The second-order valence-electron chi connectivity index (χ2n) is 6.98. The molecule has 2 aromatic rings. The second-order valence-corrected chi connectivity index (χ2v) is 6.98. The number of anilines is 1. The molecule has 0 saturated heterocycles. The minimum absolute atomic E-state index is 0.0933. The molecule has 0 aliphatic carbocycles. The number of nitro groups is 1. The number of benzene rings is 2. The van der Waals surface area contributed by atoms with E-state index in [1.165, 1.54) is 37.3 Å². The highest BCUT2D eigenvalue weighted by molar-refractivity contribution is 5.95. The lowest BCUT2D eigenvalue weighted by Gasteiger charge is -2.21. The standard InChI is InChI=1S/C21H22FN3O5/c1-3-30-21(27)18-11-16(5-7-20(18)25(28)29)23-19-8-9-24(13(2)26)12-14-10-15(22)4-6-17(14)19/h4-7,10-11,19,23H,3,8-9,12H2,1-2H3. The Morgan fingerprint density at radius 3 is 2.73 bits per heavy atom. The third-order valence-electron chi connectivity index (χ3n) is 5.00. The van der Waals surface area contributed by atoms with Gasteiger partial charge in [-0.15, -0.1) is 0 Å². The summed E-state index contributed by atoms with van der Waals surface area (Å²) >= 11 is 0. The Morgan fingerprint density at radius 1 is 1.30 bits per heavy atom. The maximum atomic E-state index is 13.8. The summed E-state index contributed by atoms with van der Waals surface area (Å²) in [7, 11) is 0. The molecule has 0 bridgehead atoms. The summed E-state index contributed by atoms with van der Waals surface area (Å²) in [5.74, 6) is -1.28. The normalized spacial score (nSPS) is 15.7. The number of halogens is 1. The van der Waals surface area contributed by atoms with Gasteiger partial charge in [0, 0.05) is 31.8 Å². The van der Waals surface area contributed by atoms with E-state index in [-0.39, 0.29) is 29.8 Å². The molecule has 30 heavy (non-hydrogen) atoms. The van der Waals surface area contributed by atoms with Crippen LogP contribution in [0.4, 0.5) is 15.8 Å². The van der Waals surface area contributed by atoms with E-state index in [1.807, 2.05) is 0 Å². The summed E-state index contributed by atoms with van der Waals surface area (Å²) in [4.78, 5) is 36.4. The van der Waals surface area contributed by atoms with Gasteiger partial charge in [-0.05, 0) is 48.7 Å². The first-order valence-electron chi connectivity index (χ1n) is 9.56. The molecule has 0 saturated carbocycles. The SMILES string of the molecule is CCOC(=O)c1cc(NC2CCN(C(C)=O)Cc3cc(F)ccc32)ccc1[N+](=O)[O-]. The number of ether oxygens (including phenoxy) is 1. The third kappa shape index (κ3) is 4.56. The molecule has 0 fully saturated rings. The second kappa shape index (κ2) is 8.89. The lowest BCUT2D eigenvalue weighted by Crippen LogP contribution is -2.28. The van der Waals surface area contributed by atoms with Crippen LogP contribution in [0.1, 0.15) is 47.8 Å². The lowest BCUT2D eigenvalue weighted by atomic mass is 9.98. The molecule has 1 aliphatic rings. The van der Waals surface area contributed by atoms with Crippen LogP contribution in [0.25, 0.3) is 0 Å². The van der Waals surface area contributed by atoms with Crippen molar-refractivity contribution in [2.45, 2.75) is 32.9 Å². The van der Waals surface area contributed by atoms with Gasteiger partial charge in [0.2, 0.25) is 5.91 Å². The number of carbonyl (C=O) groups excluding carboxylic acids is 2. The summed E-state index contributed by atoms with van der Waals surface area (Å²) in [6, 6.07) is 8.30. The van der Waals surface area contributed by atoms with Gasteiger partial charge in [-0.25, -0.2) is 9.18 Å². The molecule has 8 nitrogen and oxygen atoms in total. The molecule has 0 radical (unpaired) electrons. The number of nitrogens with one attached hydrogen (secondary N) is 1. The zero-order valence-electron chi connectivity index (χ0n) is 16.7. The van der Waals surface area contributed by atoms with Crippen molar-refractivity contribution in [3.8, 4) is 0 Å². The summed E-state index contributed by atoms with van der Waals surface area (Å²) in [5, 5.41) is 14.5. The van der Waals surface area contributed by atoms with Crippen LogP contribution in [0.2, 0.25) is 0 Å². The van der Waals surface area contributed by atoms with Gasteiger partial charge in [-0.1, -0.05) is 6.07 Å². The van der Waals surface area contributed by atoms with Gasteiger partial charge in [0.25, 0.3) is 5.69 Å². The highest BCUT2D eigenvalue weighted by atomic mass is 19.1. The van der Waals surface area contributed by atoms with Crippen molar-refractivity contribution in [2.24, 2.45) is 0 Å². The van der Waals surface area contributed by atoms with Crippen LogP contribution < -0.4 is 5.32 Å². The first-order valence-corrected chi connectivity index (χ1v) is 9.56. The average Bonchev–Trinajstić information content (AvgIpc) is 2.87. The first-order chi connectivity index (χ1) is 14.3. The number of amides is 1. The fourth-order valence-corrected chi connectivity index (χ4v) is 3.55. The Morgan fingerprint density at radius 2 is 2.07 bits per heavy atom.